The molecule has 2 aromatic heterocycles. The van der Waals surface area contributed by atoms with Crippen LogP contribution in [0.4, 0.5) is 5.82 Å². The number of nitrogens with one attached hydrogen (secondary N) is 2. The van der Waals surface area contributed by atoms with E-state index in [0.717, 1.165) is 0 Å². The highest BCUT2D eigenvalue weighted by Gasteiger charge is 2.42. The normalized spacial score (nSPS) is 23.4. The highest BCUT2D eigenvalue weighted by Crippen LogP contribution is 2.32. The second kappa shape index (κ2) is 6.37. The molecule has 7 nitrogen and oxygen atoms in total. The predicted octanol–water partition coefficient (Wildman–Crippen LogP) is 1.20. The smallest absolute Gasteiger partial charge is 0.255 e. The molecule has 0 saturated heterocycles. The molecule has 0 bridgehead atoms. The van der Waals surface area contributed by atoms with E-state index in [9.17, 15) is 9.90 Å². The summed E-state index contributed by atoms with van der Waals surface area (Å²) < 4.78 is 1.69. The Morgan fingerprint density at radius 3 is 2.87 bits per heavy atom. The van der Waals surface area contributed by atoms with E-state index >= 15 is 0 Å². The molecule has 3 rings (SSSR count). The average Bonchev–Trinajstić information content (AvgIpc) is 2.99. The zero-order valence-corrected chi connectivity index (χ0v) is 13.2. The second-order valence-corrected chi connectivity index (χ2v) is 6.06. The van der Waals surface area contributed by atoms with Gasteiger partial charge in [-0.3, -0.25) is 9.48 Å². The lowest BCUT2D eigenvalue weighted by molar-refractivity contribution is -0.00587. The summed E-state index contributed by atoms with van der Waals surface area (Å²) in [4.78, 5) is 16.8. The van der Waals surface area contributed by atoms with Crippen molar-refractivity contribution < 1.29 is 9.90 Å². The molecule has 0 unspecified atom stereocenters. The van der Waals surface area contributed by atoms with Crippen molar-refractivity contribution >= 4 is 11.7 Å². The van der Waals surface area contributed by atoms with Crippen LogP contribution in [0.15, 0.2) is 36.8 Å². The van der Waals surface area contributed by atoms with Gasteiger partial charge in [-0.25, -0.2) is 4.98 Å². The SMILES string of the molecule is CC(C)Nc1ncccc1C(=O)N[C@H]1C[C@@H](O)[C@@H]1n1cccn1. The third-order valence-electron chi connectivity index (χ3n) is 3.93. The van der Waals surface area contributed by atoms with Crippen molar-refractivity contribution in [2.75, 3.05) is 5.32 Å². The van der Waals surface area contributed by atoms with Gasteiger partial charge in [-0.15, -0.1) is 0 Å². The van der Waals surface area contributed by atoms with Crippen LogP contribution >= 0.6 is 0 Å². The minimum Gasteiger partial charge on any atom is -0.391 e. The molecule has 1 saturated carbocycles. The second-order valence-electron chi connectivity index (χ2n) is 6.06. The van der Waals surface area contributed by atoms with Gasteiger partial charge in [0.1, 0.15) is 5.82 Å². The lowest BCUT2D eigenvalue weighted by Crippen LogP contribution is -2.56. The maximum atomic E-state index is 12.6. The molecule has 0 aromatic carbocycles. The topological polar surface area (TPSA) is 92.1 Å². The summed E-state index contributed by atoms with van der Waals surface area (Å²) in [5.74, 6) is 0.366. The van der Waals surface area contributed by atoms with Gasteiger partial charge in [0.25, 0.3) is 5.91 Å². The average molecular weight is 315 g/mol. The standard InChI is InChI=1S/C16H21N5O2/c1-10(2)19-15-11(5-3-6-17-15)16(23)20-12-9-13(22)14(12)21-8-4-7-18-21/h3-8,10,12-14,22H,9H2,1-2H3,(H,17,19)(H,20,23)/t12-,13+,14+/m0/s1. The fourth-order valence-corrected chi connectivity index (χ4v) is 2.80. The van der Waals surface area contributed by atoms with Gasteiger partial charge in [-0.1, -0.05) is 0 Å². The molecule has 1 amide bonds. The van der Waals surface area contributed by atoms with Gasteiger partial charge in [0.05, 0.1) is 23.8 Å². The predicted molar refractivity (Wildman–Crippen MR) is 86.1 cm³/mol. The van der Waals surface area contributed by atoms with Crippen LogP contribution in [0.2, 0.25) is 0 Å². The van der Waals surface area contributed by atoms with Crippen LogP contribution in [0.3, 0.4) is 0 Å². The van der Waals surface area contributed by atoms with Crippen LogP contribution in [-0.4, -0.2) is 44.0 Å². The van der Waals surface area contributed by atoms with Gasteiger partial charge in [0, 0.05) is 24.6 Å². The van der Waals surface area contributed by atoms with Crippen molar-refractivity contribution in [1.29, 1.82) is 0 Å². The molecule has 3 N–H and O–H groups in total. The summed E-state index contributed by atoms with van der Waals surface area (Å²) in [6, 6.07) is 5.08. The molecule has 0 radical (unpaired) electrons. The molecule has 0 spiro atoms. The molecular formula is C16H21N5O2. The first-order valence-corrected chi connectivity index (χ1v) is 7.76. The number of anilines is 1. The van der Waals surface area contributed by atoms with Crippen molar-refractivity contribution in [2.45, 2.75) is 44.5 Å². The molecule has 1 fully saturated rings. The quantitative estimate of drug-likeness (QED) is 0.771. The van der Waals surface area contributed by atoms with Gasteiger partial charge in [-0.2, -0.15) is 5.10 Å². The number of carbonyl (C=O) groups excluding carboxylic acids is 1. The monoisotopic (exact) mass is 315 g/mol. The molecular weight excluding hydrogens is 294 g/mol. The van der Waals surface area contributed by atoms with E-state index in [1.165, 1.54) is 0 Å². The summed E-state index contributed by atoms with van der Waals surface area (Å²) in [6.45, 7) is 3.98. The number of aliphatic hydroxyl groups is 1. The number of hydrogen-bond acceptors (Lipinski definition) is 5. The van der Waals surface area contributed by atoms with Crippen LogP contribution in [0, 0.1) is 0 Å². The summed E-state index contributed by atoms with van der Waals surface area (Å²) in [5.41, 5.74) is 0.502. The molecule has 122 valence electrons. The van der Waals surface area contributed by atoms with E-state index in [-0.39, 0.29) is 24.0 Å². The first-order chi connectivity index (χ1) is 11.1. The highest BCUT2D eigenvalue weighted by atomic mass is 16.3. The van der Waals surface area contributed by atoms with Crippen LogP contribution in [0.1, 0.15) is 36.7 Å². The number of pyridine rings is 1. The molecule has 7 heteroatoms. The van der Waals surface area contributed by atoms with Crippen molar-refractivity contribution in [2.24, 2.45) is 0 Å². The van der Waals surface area contributed by atoms with Crippen molar-refractivity contribution in [3.63, 3.8) is 0 Å². The van der Waals surface area contributed by atoms with E-state index in [1.54, 1.807) is 41.5 Å². The van der Waals surface area contributed by atoms with E-state index in [0.29, 0.717) is 17.8 Å². The number of rotatable bonds is 5. The van der Waals surface area contributed by atoms with Crippen LogP contribution < -0.4 is 10.6 Å². The molecule has 1 aliphatic carbocycles. The summed E-state index contributed by atoms with van der Waals surface area (Å²) in [5, 5.41) is 20.3. The number of aliphatic hydroxyl groups excluding tert-OH is 1. The molecule has 2 aromatic rings. The molecule has 1 aliphatic rings. The molecule has 3 atom stereocenters. The minimum atomic E-state index is -0.498. The van der Waals surface area contributed by atoms with E-state index in [4.69, 9.17) is 0 Å². The zero-order valence-electron chi connectivity index (χ0n) is 13.2. The lowest BCUT2D eigenvalue weighted by Gasteiger charge is -2.41. The number of amides is 1. The minimum absolute atomic E-state index is 0.149. The lowest BCUT2D eigenvalue weighted by atomic mass is 9.83. The Kier molecular flexibility index (Phi) is 4.29. The van der Waals surface area contributed by atoms with E-state index in [1.807, 2.05) is 13.8 Å². The van der Waals surface area contributed by atoms with E-state index in [2.05, 4.69) is 20.7 Å². The Hall–Kier alpha value is -2.41. The van der Waals surface area contributed by atoms with Crippen molar-refractivity contribution in [3.8, 4) is 0 Å². The summed E-state index contributed by atoms with van der Waals surface area (Å²) >= 11 is 0. The Morgan fingerprint density at radius 2 is 2.22 bits per heavy atom. The van der Waals surface area contributed by atoms with E-state index < -0.39 is 6.10 Å². The largest absolute Gasteiger partial charge is 0.391 e. The summed E-state index contributed by atoms with van der Waals surface area (Å²) in [6.07, 6.45) is 5.13. The van der Waals surface area contributed by atoms with Gasteiger partial charge < -0.3 is 15.7 Å². The van der Waals surface area contributed by atoms with Gasteiger partial charge in [0.15, 0.2) is 0 Å². The maximum absolute atomic E-state index is 12.6. The number of hydrogen-bond donors (Lipinski definition) is 3. The first kappa shape index (κ1) is 15.5. The molecule has 23 heavy (non-hydrogen) atoms. The van der Waals surface area contributed by atoms with Gasteiger partial charge >= 0.3 is 0 Å². The number of aromatic nitrogens is 3. The van der Waals surface area contributed by atoms with Crippen LogP contribution in [0.5, 0.6) is 0 Å². The summed E-state index contributed by atoms with van der Waals surface area (Å²) in [7, 11) is 0. The highest BCUT2D eigenvalue weighted by molar-refractivity contribution is 5.99. The first-order valence-electron chi connectivity index (χ1n) is 7.76. The van der Waals surface area contributed by atoms with Crippen molar-refractivity contribution in [3.05, 3.63) is 42.4 Å². The molecule has 2 heterocycles. The van der Waals surface area contributed by atoms with Gasteiger partial charge in [0.2, 0.25) is 0 Å². The third-order valence-corrected chi connectivity index (χ3v) is 3.93. The van der Waals surface area contributed by atoms with Crippen LogP contribution in [0.25, 0.3) is 0 Å². The maximum Gasteiger partial charge on any atom is 0.255 e. The van der Waals surface area contributed by atoms with Crippen LogP contribution in [-0.2, 0) is 0 Å². The fraction of sp³-hybridized carbons (Fsp3) is 0.438. The Bertz CT molecular complexity index is 671. The Labute approximate surface area is 134 Å². The van der Waals surface area contributed by atoms with Crippen molar-refractivity contribution in [1.82, 2.24) is 20.1 Å². The zero-order chi connectivity index (χ0) is 16.4. The third kappa shape index (κ3) is 3.19. The number of carbonyl (C=O) groups is 1. The Balaban J connectivity index is 1.73. The fourth-order valence-electron chi connectivity index (χ4n) is 2.80. The van der Waals surface area contributed by atoms with Gasteiger partial charge in [-0.05, 0) is 38.5 Å². The Morgan fingerprint density at radius 1 is 1.39 bits per heavy atom. The number of nitrogens with zero attached hydrogens (tertiary/aromatic N) is 3. The molecule has 0 aliphatic heterocycles.